The second-order valence-corrected chi connectivity index (χ2v) is 8.36. The van der Waals surface area contributed by atoms with E-state index in [1.807, 2.05) is 38.1 Å². The molecule has 1 saturated heterocycles. The zero-order valence-corrected chi connectivity index (χ0v) is 16.3. The van der Waals surface area contributed by atoms with Gasteiger partial charge in [0.05, 0.1) is 13.5 Å². The lowest BCUT2D eigenvalue weighted by molar-refractivity contribution is -0.122. The molecule has 1 aliphatic heterocycles. The highest BCUT2D eigenvalue weighted by Crippen LogP contribution is 2.44. The van der Waals surface area contributed by atoms with Crippen LogP contribution in [0.25, 0.3) is 0 Å². The van der Waals surface area contributed by atoms with Gasteiger partial charge in [-0.05, 0) is 29.5 Å². The summed E-state index contributed by atoms with van der Waals surface area (Å²) in [5.41, 5.74) is 1.55. The van der Waals surface area contributed by atoms with Crippen LogP contribution in [0.1, 0.15) is 72.3 Å². The number of carbonyl (C=O) groups is 2. The van der Waals surface area contributed by atoms with Gasteiger partial charge in [0.25, 0.3) is 0 Å². The fourth-order valence-corrected chi connectivity index (χ4v) is 3.23. The maximum absolute atomic E-state index is 12.6. The molecule has 2 amide bonds. The van der Waals surface area contributed by atoms with Gasteiger partial charge in [-0.25, -0.2) is 0 Å². The highest BCUT2D eigenvalue weighted by atomic mass is 16.2. The molecule has 0 aromatic heterocycles. The molecule has 1 heterocycles. The number of unbranched alkanes of at least 4 members (excludes halogenated alkanes) is 2. The van der Waals surface area contributed by atoms with E-state index in [1.165, 1.54) is 4.90 Å². The minimum atomic E-state index is -0.377. The van der Waals surface area contributed by atoms with Gasteiger partial charge in [-0.2, -0.15) is 0 Å². The molecule has 0 bridgehead atoms. The van der Waals surface area contributed by atoms with Crippen molar-refractivity contribution in [3.63, 3.8) is 0 Å². The topological polar surface area (TPSA) is 37.4 Å². The third kappa shape index (κ3) is 3.99. The highest BCUT2D eigenvalue weighted by Gasteiger charge is 2.39. The molecule has 1 atom stereocenters. The van der Waals surface area contributed by atoms with Crippen molar-refractivity contribution in [2.24, 2.45) is 5.92 Å². The van der Waals surface area contributed by atoms with Gasteiger partial charge in [-0.15, -0.1) is 0 Å². The molecule has 25 heavy (non-hydrogen) atoms. The van der Waals surface area contributed by atoms with Crippen LogP contribution >= 0.6 is 0 Å². The first-order valence-corrected chi connectivity index (χ1v) is 9.35. The van der Waals surface area contributed by atoms with Gasteiger partial charge in [0.2, 0.25) is 11.8 Å². The SMILES string of the molecule is [B]C(C)(C)C(C)(C)c1ccc(N2C(=O)CC(CCCCC)C2=O)cc1. The summed E-state index contributed by atoms with van der Waals surface area (Å²) in [5, 5.41) is -0.377. The molecule has 1 aromatic rings. The number of nitrogens with zero attached hydrogens (tertiary/aromatic N) is 1. The molecule has 2 rings (SSSR count). The average Bonchev–Trinajstić information content (AvgIpc) is 2.81. The van der Waals surface area contributed by atoms with Crippen molar-refractivity contribution in [2.75, 3.05) is 4.90 Å². The van der Waals surface area contributed by atoms with Crippen LogP contribution in [0, 0.1) is 5.92 Å². The lowest BCUT2D eigenvalue weighted by atomic mass is 9.54. The van der Waals surface area contributed by atoms with Crippen molar-refractivity contribution in [2.45, 2.75) is 77.5 Å². The smallest absolute Gasteiger partial charge is 0.237 e. The number of rotatable bonds is 7. The highest BCUT2D eigenvalue weighted by molar-refractivity contribution is 6.21. The van der Waals surface area contributed by atoms with E-state index in [2.05, 4.69) is 20.8 Å². The van der Waals surface area contributed by atoms with Gasteiger partial charge >= 0.3 is 0 Å². The molecule has 1 aromatic carbocycles. The van der Waals surface area contributed by atoms with Gasteiger partial charge in [0.15, 0.2) is 0 Å². The molecule has 1 unspecified atom stereocenters. The second kappa shape index (κ2) is 7.35. The normalized spacial score (nSPS) is 18.9. The molecular formula is C21H30BNO2. The van der Waals surface area contributed by atoms with Gasteiger partial charge in [0.1, 0.15) is 0 Å². The Balaban J connectivity index is 2.17. The zero-order valence-electron chi connectivity index (χ0n) is 16.3. The Bertz CT molecular complexity index is 628. The Morgan fingerprint density at radius 3 is 2.20 bits per heavy atom. The van der Waals surface area contributed by atoms with E-state index in [0.717, 1.165) is 31.2 Å². The molecule has 0 saturated carbocycles. The predicted molar refractivity (Wildman–Crippen MR) is 104 cm³/mol. The first-order chi connectivity index (χ1) is 11.6. The number of imide groups is 1. The number of anilines is 1. The van der Waals surface area contributed by atoms with Crippen LogP contribution in [-0.4, -0.2) is 19.7 Å². The molecule has 2 radical (unpaired) electrons. The Hall–Kier alpha value is -1.58. The maximum Gasteiger partial charge on any atom is 0.237 e. The Morgan fingerprint density at radius 2 is 1.68 bits per heavy atom. The van der Waals surface area contributed by atoms with Crippen LogP contribution in [-0.2, 0) is 15.0 Å². The molecular weight excluding hydrogens is 309 g/mol. The average molecular weight is 339 g/mol. The summed E-state index contributed by atoms with van der Waals surface area (Å²) >= 11 is 0. The summed E-state index contributed by atoms with van der Waals surface area (Å²) < 4.78 is 0. The summed E-state index contributed by atoms with van der Waals surface area (Å²) in [6, 6.07) is 7.70. The predicted octanol–water partition coefficient (Wildman–Crippen LogP) is 4.79. The monoisotopic (exact) mass is 339 g/mol. The van der Waals surface area contributed by atoms with Crippen molar-refractivity contribution < 1.29 is 9.59 Å². The van der Waals surface area contributed by atoms with E-state index >= 15 is 0 Å². The number of amides is 2. The van der Waals surface area contributed by atoms with Crippen molar-refractivity contribution in [3.05, 3.63) is 29.8 Å². The zero-order chi connectivity index (χ0) is 18.8. The van der Waals surface area contributed by atoms with Crippen LogP contribution in [0.5, 0.6) is 0 Å². The molecule has 134 valence electrons. The summed E-state index contributed by atoms with van der Waals surface area (Å²) in [6.45, 7) is 10.4. The van der Waals surface area contributed by atoms with Crippen molar-refractivity contribution in [3.8, 4) is 0 Å². The van der Waals surface area contributed by atoms with Gasteiger partial charge < -0.3 is 0 Å². The number of carbonyl (C=O) groups excluding carboxylic acids is 2. The molecule has 1 aliphatic rings. The van der Waals surface area contributed by atoms with Crippen molar-refractivity contribution in [1.29, 1.82) is 0 Å². The summed E-state index contributed by atoms with van der Waals surface area (Å²) in [4.78, 5) is 26.4. The van der Waals surface area contributed by atoms with Crippen LogP contribution in [0.2, 0.25) is 5.31 Å². The molecule has 0 N–H and O–H groups in total. The third-order valence-corrected chi connectivity index (χ3v) is 5.85. The number of hydrogen-bond acceptors (Lipinski definition) is 2. The quantitative estimate of drug-likeness (QED) is 0.407. The summed E-state index contributed by atoms with van der Waals surface area (Å²) in [7, 11) is 6.31. The lowest BCUT2D eigenvalue weighted by Gasteiger charge is -2.40. The molecule has 0 aliphatic carbocycles. The first-order valence-electron chi connectivity index (χ1n) is 9.35. The van der Waals surface area contributed by atoms with E-state index in [0.29, 0.717) is 12.1 Å². The van der Waals surface area contributed by atoms with E-state index < -0.39 is 0 Å². The lowest BCUT2D eigenvalue weighted by Crippen LogP contribution is -2.32. The van der Waals surface area contributed by atoms with E-state index in [4.69, 9.17) is 7.85 Å². The van der Waals surface area contributed by atoms with E-state index in [9.17, 15) is 9.59 Å². The minimum absolute atomic E-state index is 0.0488. The summed E-state index contributed by atoms with van der Waals surface area (Å²) in [5.74, 6) is -0.289. The van der Waals surface area contributed by atoms with Gasteiger partial charge in [0, 0.05) is 12.3 Å². The maximum atomic E-state index is 12.6. The fourth-order valence-electron chi connectivity index (χ4n) is 3.23. The Kier molecular flexibility index (Phi) is 5.80. The van der Waals surface area contributed by atoms with E-state index in [1.54, 1.807) is 0 Å². The number of hydrogen-bond donors (Lipinski definition) is 0. The van der Waals surface area contributed by atoms with Crippen molar-refractivity contribution >= 4 is 25.3 Å². The van der Waals surface area contributed by atoms with Crippen LogP contribution in [0.4, 0.5) is 5.69 Å². The van der Waals surface area contributed by atoms with Crippen LogP contribution < -0.4 is 4.90 Å². The third-order valence-electron chi connectivity index (χ3n) is 5.85. The Labute approximate surface area is 153 Å². The number of benzene rings is 1. The Morgan fingerprint density at radius 1 is 1.08 bits per heavy atom. The summed E-state index contributed by atoms with van der Waals surface area (Å²) in [6.07, 6.45) is 4.38. The fraction of sp³-hybridized carbons (Fsp3) is 0.619. The van der Waals surface area contributed by atoms with Crippen LogP contribution in [0.3, 0.4) is 0 Å². The van der Waals surface area contributed by atoms with Gasteiger partial charge in [-0.3, -0.25) is 14.5 Å². The molecule has 0 spiro atoms. The molecule has 4 heteroatoms. The minimum Gasteiger partial charge on any atom is -0.274 e. The molecule has 3 nitrogen and oxygen atoms in total. The molecule has 1 fully saturated rings. The largest absolute Gasteiger partial charge is 0.274 e. The first kappa shape index (κ1) is 19.7. The standard InChI is InChI=1S/C21H30BNO2/c1-6-7-8-9-15-14-18(24)23(19(15)25)17-12-10-16(11-13-17)20(2,3)21(4,5)22/h10-13,15H,6-9,14H2,1-5H3. The van der Waals surface area contributed by atoms with Gasteiger partial charge in [-0.1, -0.05) is 71.3 Å². The second-order valence-electron chi connectivity index (χ2n) is 8.36. The van der Waals surface area contributed by atoms with Crippen LogP contribution in [0.15, 0.2) is 24.3 Å². The van der Waals surface area contributed by atoms with Crippen molar-refractivity contribution in [1.82, 2.24) is 0 Å². The van der Waals surface area contributed by atoms with E-state index in [-0.39, 0.29) is 28.5 Å².